The van der Waals surface area contributed by atoms with Gasteiger partial charge in [0.1, 0.15) is 5.82 Å². The molecular weight excluding hydrogens is 338 g/mol. The number of nitrogen functional groups attached to an aromatic ring is 1. The summed E-state index contributed by atoms with van der Waals surface area (Å²) in [5, 5.41) is 0. The zero-order valence-electron chi connectivity index (χ0n) is 15.2. The third-order valence-corrected chi connectivity index (χ3v) is 4.72. The number of nitrogens with zero attached hydrogens (tertiary/aromatic N) is 4. The number of hydrogen-bond donors (Lipinski definition) is 1. The van der Waals surface area contributed by atoms with E-state index in [1.165, 1.54) is 11.1 Å². The summed E-state index contributed by atoms with van der Waals surface area (Å²) in [5.41, 5.74) is 9.97. The predicted octanol–water partition coefficient (Wildman–Crippen LogP) is 2.74. The predicted molar refractivity (Wildman–Crippen MR) is 107 cm³/mol. The van der Waals surface area contributed by atoms with Crippen LogP contribution in [0.25, 0.3) is 11.3 Å². The number of aromatic nitrogens is 3. The second-order valence-electron chi connectivity index (χ2n) is 6.63. The lowest BCUT2D eigenvalue weighted by Gasteiger charge is -2.28. The van der Waals surface area contributed by atoms with Crippen LogP contribution in [0.5, 0.6) is 0 Å². The highest BCUT2D eigenvalue weighted by atomic mass is 16.5. The largest absolute Gasteiger partial charge is 0.378 e. The van der Waals surface area contributed by atoms with Gasteiger partial charge in [0, 0.05) is 31.0 Å². The van der Waals surface area contributed by atoms with Gasteiger partial charge in [-0.3, -0.25) is 0 Å². The molecule has 6 nitrogen and oxygen atoms in total. The number of ether oxygens (including phenoxy) is 1. The van der Waals surface area contributed by atoms with E-state index in [-0.39, 0.29) is 5.95 Å². The van der Waals surface area contributed by atoms with Crippen LogP contribution in [-0.2, 0) is 17.6 Å². The number of pyridine rings is 1. The molecular formula is C21H23N5O. The van der Waals surface area contributed by atoms with E-state index in [0.717, 1.165) is 56.2 Å². The number of hydrogen-bond acceptors (Lipinski definition) is 6. The van der Waals surface area contributed by atoms with Crippen LogP contribution in [0.4, 0.5) is 11.8 Å². The summed E-state index contributed by atoms with van der Waals surface area (Å²) in [5.74, 6) is 1.25. The lowest BCUT2D eigenvalue weighted by molar-refractivity contribution is 0.122. The van der Waals surface area contributed by atoms with E-state index >= 15 is 0 Å². The summed E-state index contributed by atoms with van der Waals surface area (Å²) in [6.45, 7) is 3.17. The topological polar surface area (TPSA) is 77.2 Å². The Morgan fingerprint density at radius 2 is 1.63 bits per heavy atom. The van der Waals surface area contributed by atoms with Crippen LogP contribution in [0.2, 0.25) is 0 Å². The first kappa shape index (κ1) is 17.4. The van der Waals surface area contributed by atoms with E-state index in [1.807, 2.05) is 6.07 Å². The van der Waals surface area contributed by atoms with Gasteiger partial charge in [0.25, 0.3) is 0 Å². The second-order valence-corrected chi connectivity index (χ2v) is 6.63. The highest BCUT2D eigenvalue weighted by Crippen LogP contribution is 2.24. The van der Waals surface area contributed by atoms with Crippen molar-refractivity contribution in [3.05, 3.63) is 66.0 Å². The number of nitrogens with two attached hydrogens (primary N) is 1. The SMILES string of the molecule is Nc1ncc(-c2cc(CCc3ccccc3)cc(N3CCOCC3)n2)cn1. The van der Waals surface area contributed by atoms with E-state index in [1.54, 1.807) is 12.4 Å². The molecule has 3 aromatic rings. The molecule has 1 aromatic carbocycles. The molecule has 1 saturated heterocycles. The molecule has 0 amide bonds. The molecule has 0 unspecified atom stereocenters. The molecule has 4 rings (SSSR count). The monoisotopic (exact) mass is 361 g/mol. The van der Waals surface area contributed by atoms with Crippen molar-refractivity contribution >= 4 is 11.8 Å². The van der Waals surface area contributed by atoms with Crippen molar-refractivity contribution in [3.63, 3.8) is 0 Å². The smallest absolute Gasteiger partial charge is 0.219 e. The van der Waals surface area contributed by atoms with Crippen LogP contribution in [0, 0.1) is 0 Å². The van der Waals surface area contributed by atoms with E-state index in [0.29, 0.717) is 0 Å². The molecule has 1 aliphatic heterocycles. The Kier molecular flexibility index (Phi) is 5.25. The van der Waals surface area contributed by atoms with E-state index in [9.17, 15) is 0 Å². The van der Waals surface area contributed by atoms with Crippen LogP contribution >= 0.6 is 0 Å². The first-order valence-corrected chi connectivity index (χ1v) is 9.23. The Morgan fingerprint density at radius 3 is 2.37 bits per heavy atom. The Hall–Kier alpha value is -2.99. The fourth-order valence-corrected chi connectivity index (χ4v) is 3.22. The van der Waals surface area contributed by atoms with Crippen molar-refractivity contribution in [1.82, 2.24) is 15.0 Å². The van der Waals surface area contributed by atoms with Gasteiger partial charge in [-0.15, -0.1) is 0 Å². The normalized spacial score (nSPS) is 14.3. The number of morpholine rings is 1. The summed E-state index contributed by atoms with van der Waals surface area (Å²) in [4.78, 5) is 15.4. The summed E-state index contributed by atoms with van der Waals surface area (Å²) >= 11 is 0. The zero-order chi connectivity index (χ0) is 18.5. The fraction of sp³-hybridized carbons (Fsp3) is 0.286. The van der Waals surface area contributed by atoms with Crippen molar-refractivity contribution in [2.45, 2.75) is 12.8 Å². The Balaban J connectivity index is 1.64. The number of rotatable bonds is 5. The average molecular weight is 361 g/mol. The molecule has 0 bridgehead atoms. The number of anilines is 2. The molecule has 27 heavy (non-hydrogen) atoms. The quantitative estimate of drug-likeness (QED) is 0.753. The molecule has 2 N–H and O–H groups in total. The van der Waals surface area contributed by atoms with Crippen LogP contribution in [-0.4, -0.2) is 41.3 Å². The van der Waals surface area contributed by atoms with Gasteiger partial charge in [-0.05, 0) is 36.1 Å². The van der Waals surface area contributed by atoms with Crippen LogP contribution in [0.15, 0.2) is 54.9 Å². The van der Waals surface area contributed by atoms with Gasteiger partial charge in [0.15, 0.2) is 0 Å². The summed E-state index contributed by atoms with van der Waals surface area (Å²) in [6, 6.07) is 14.9. The summed E-state index contributed by atoms with van der Waals surface area (Å²) < 4.78 is 5.48. The second kappa shape index (κ2) is 8.14. The molecule has 3 heterocycles. The van der Waals surface area contributed by atoms with E-state index in [2.05, 4.69) is 51.3 Å². The Morgan fingerprint density at radius 1 is 0.926 bits per heavy atom. The van der Waals surface area contributed by atoms with Gasteiger partial charge in [-0.1, -0.05) is 30.3 Å². The van der Waals surface area contributed by atoms with E-state index < -0.39 is 0 Å². The van der Waals surface area contributed by atoms with Crippen LogP contribution < -0.4 is 10.6 Å². The van der Waals surface area contributed by atoms with Gasteiger partial charge >= 0.3 is 0 Å². The highest BCUT2D eigenvalue weighted by molar-refractivity contribution is 5.62. The standard InChI is InChI=1S/C21H23N5O/c22-21-23-14-18(15-24-21)19-12-17(7-6-16-4-2-1-3-5-16)13-20(25-19)26-8-10-27-11-9-26/h1-5,12-15H,6-11H2,(H2,22,23,24). The van der Waals surface area contributed by atoms with Crippen molar-refractivity contribution in [3.8, 4) is 11.3 Å². The minimum Gasteiger partial charge on any atom is -0.378 e. The first-order valence-electron chi connectivity index (χ1n) is 9.23. The van der Waals surface area contributed by atoms with Crippen molar-refractivity contribution in [2.24, 2.45) is 0 Å². The molecule has 2 aromatic heterocycles. The van der Waals surface area contributed by atoms with Gasteiger partial charge in [0.05, 0.1) is 18.9 Å². The maximum atomic E-state index is 5.63. The zero-order valence-corrected chi connectivity index (χ0v) is 15.2. The minimum absolute atomic E-state index is 0.271. The fourth-order valence-electron chi connectivity index (χ4n) is 3.22. The average Bonchev–Trinajstić information content (AvgIpc) is 2.74. The third kappa shape index (κ3) is 4.41. The molecule has 6 heteroatoms. The molecule has 0 atom stereocenters. The molecule has 138 valence electrons. The maximum absolute atomic E-state index is 5.63. The molecule has 0 saturated carbocycles. The van der Waals surface area contributed by atoms with Crippen LogP contribution in [0.3, 0.4) is 0 Å². The van der Waals surface area contributed by atoms with E-state index in [4.69, 9.17) is 15.5 Å². The minimum atomic E-state index is 0.271. The van der Waals surface area contributed by atoms with Crippen LogP contribution in [0.1, 0.15) is 11.1 Å². The van der Waals surface area contributed by atoms with Crippen molar-refractivity contribution in [1.29, 1.82) is 0 Å². The molecule has 1 fully saturated rings. The van der Waals surface area contributed by atoms with Gasteiger partial charge < -0.3 is 15.4 Å². The van der Waals surface area contributed by atoms with Crippen molar-refractivity contribution < 1.29 is 4.74 Å². The first-order chi connectivity index (χ1) is 13.3. The highest BCUT2D eigenvalue weighted by Gasteiger charge is 2.15. The maximum Gasteiger partial charge on any atom is 0.219 e. The third-order valence-electron chi connectivity index (χ3n) is 4.72. The summed E-state index contributed by atoms with van der Waals surface area (Å²) in [7, 11) is 0. The molecule has 0 spiro atoms. The lowest BCUT2D eigenvalue weighted by Crippen LogP contribution is -2.36. The Labute approximate surface area is 159 Å². The molecule has 1 aliphatic rings. The lowest BCUT2D eigenvalue weighted by atomic mass is 10.0. The van der Waals surface area contributed by atoms with Gasteiger partial charge in [-0.2, -0.15) is 0 Å². The van der Waals surface area contributed by atoms with Gasteiger partial charge in [0.2, 0.25) is 5.95 Å². The summed E-state index contributed by atoms with van der Waals surface area (Å²) in [6.07, 6.45) is 5.40. The van der Waals surface area contributed by atoms with Crippen molar-refractivity contribution in [2.75, 3.05) is 36.9 Å². The number of benzene rings is 1. The Bertz CT molecular complexity index is 877. The van der Waals surface area contributed by atoms with Gasteiger partial charge in [-0.25, -0.2) is 15.0 Å². The molecule has 0 radical (unpaired) electrons. The molecule has 0 aliphatic carbocycles. The number of aryl methyl sites for hydroxylation is 2.